The van der Waals surface area contributed by atoms with Crippen molar-refractivity contribution in [3.63, 3.8) is 0 Å². The predicted octanol–water partition coefficient (Wildman–Crippen LogP) is 2.58. The van der Waals surface area contributed by atoms with Crippen LogP contribution >= 0.6 is 15.9 Å². The molecule has 1 fully saturated rings. The highest BCUT2D eigenvalue weighted by Crippen LogP contribution is 2.42. The molecule has 0 aliphatic carbocycles. The lowest BCUT2D eigenvalue weighted by Gasteiger charge is -2.28. The molecule has 0 unspecified atom stereocenters. The molecule has 21 heavy (non-hydrogen) atoms. The first-order chi connectivity index (χ1) is 10.3. The number of benzene rings is 1. The molecule has 0 spiro atoms. The molecule has 2 heterocycles. The van der Waals surface area contributed by atoms with E-state index in [1.165, 1.54) is 11.1 Å². The van der Waals surface area contributed by atoms with Gasteiger partial charge in [0.15, 0.2) is 11.5 Å². The second-order valence-electron chi connectivity index (χ2n) is 5.58. The third-order valence-corrected chi connectivity index (χ3v) is 4.71. The van der Waals surface area contributed by atoms with E-state index >= 15 is 0 Å². The molecule has 0 aromatic heterocycles. The summed E-state index contributed by atoms with van der Waals surface area (Å²) < 4.78 is 12.9. The van der Waals surface area contributed by atoms with Crippen LogP contribution in [-0.4, -0.2) is 44.3 Å². The number of ether oxygens (including phenoxy) is 2. The van der Waals surface area contributed by atoms with Crippen LogP contribution in [0.3, 0.4) is 0 Å². The summed E-state index contributed by atoms with van der Waals surface area (Å²) >= 11 is 3.66. The minimum Gasteiger partial charge on any atom is -0.489 e. The Morgan fingerprint density at radius 1 is 1.19 bits per heavy atom. The van der Waals surface area contributed by atoms with E-state index < -0.39 is 0 Å². The molecule has 0 saturated carbocycles. The van der Waals surface area contributed by atoms with E-state index in [9.17, 15) is 0 Å². The molecule has 3 rings (SSSR count). The molecule has 1 N–H and O–H groups in total. The number of halogens is 1. The molecule has 2 aliphatic rings. The molecule has 0 amide bonds. The van der Waals surface area contributed by atoms with E-state index in [0.717, 1.165) is 74.8 Å². The molecule has 5 heteroatoms. The average molecular weight is 355 g/mol. The number of piperazine rings is 1. The van der Waals surface area contributed by atoms with E-state index in [-0.39, 0.29) is 0 Å². The van der Waals surface area contributed by atoms with E-state index in [1.807, 2.05) is 0 Å². The molecular weight excluding hydrogens is 332 g/mol. The van der Waals surface area contributed by atoms with E-state index in [0.29, 0.717) is 0 Å². The van der Waals surface area contributed by atoms with Crippen LogP contribution in [0.1, 0.15) is 24.5 Å². The highest BCUT2D eigenvalue weighted by atomic mass is 79.9. The van der Waals surface area contributed by atoms with Gasteiger partial charge in [-0.15, -0.1) is 0 Å². The van der Waals surface area contributed by atoms with Gasteiger partial charge < -0.3 is 14.8 Å². The number of nitrogens with zero attached hydrogens (tertiary/aromatic N) is 1. The Hall–Kier alpha value is -0.780. The third kappa shape index (κ3) is 3.35. The zero-order chi connectivity index (χ0) is 14.7. The van der Waals surface area contributed by atoms with E-state index in [2.05, 4.69) is 39.1 Å². The van der Waals surface area contributed by atoms with Crippen molar-refractivity contribution in [2.75, 3.05) is 39.4 Å². The minimum absolute atomic E-state index is 0.728. The van der Waals surface area contributed by atoms with Gasteiger partial charge in [-0.1, -0.05) is 6.92 Å². The lowest BCUT2D eigenvalue weighted by atomic mass is 10.0. The van der Waals surface area contributed by atoms with Crippen molar-refractivity contribution in [3.8, 4) is 11.5 Å². The Bertz CT molecular complexity index is 502. The molecule has 0 radical (unpaired) electrons. The maximum Gasteiger partial charge on any atom is 0.175 e. The topological polar surface area (TPSA) is 33.7 Å². The Morgan fingerprint density at radius 3 is 2.62 bits per heavy atom. The molecule has 1 aromatic carbocycles. The molecule has 2 aliphatic heterocycles. The minimum atomic E-state index is 0.728. The van der Waals surface area contributed by atoms with Gasteiger partial charge in [-0.2, -0.15) is 0 Å². The molecule has 0 bridgehead atoms. The van der Waals surface area contributed by atoms with Crippen LogP contribution in [0.4, 0.5) is 0 Å². The predicted molar refractivity (Wildman–Crippen MR) is 87.3 cm³/mol. The number of hydrogen-bond acceptors (Lipinski definition) is 4. The third-order valence-electron chi connectivity index (χ3n) is 4.12. The van der Waals surface area contributed by atoms with Gasteiger partial charge in [0.1, 0.15) is 0 Å². The Morgan fingerprint density at radius 2 is 1.90 bits per heavy atom. The maximum atomic E-state index is 6.00. The maximum absolute atomic E-state index is 6.00. The number of nitrogens with one attached hydrogen (secondary N) is 1. The average Bonchev–Trinajstić information content (AvgIpc) is 2.75. The zero-order valence-electron chi connectivity index (χ0n) is 12.6. The fraction of sp³-hybridized carbons (Fsp3) is 0.625. The fourth-order valence-corrected chi connectivity index (χ4v) is 3.60. The zero-order valence-corrected chi connectivity index (χ0v) is 14.2. The fourth-order valence-electron chi connectivity index (χ4n) is 3.03. The van der Waals surface area contributed by atoms with Crippen molar-refractivity contribution in [2.45, 2.75) is 26.3 Å². The summed E-state index contributed by atoms with van der Waals surface area (Å²) in [4.78, 5) is 2.50. The van der Waals surface area contributed by atoms with Crippen molar-refractivity contribution < 1.29 is 9.47 Å². The van der Waals surface area contributed by atoms with Crippen LogP contribution in [0.25, 0.3) is 0 Å². The standard InChI is InChI=1S/C16H23BrN2O2/c1-2-13-12(11-19-6-4-18-5-7-19)10-14(17)16-15(13)20-8-3-9-21-16/h10,18H,2-9,11H2,1H3. The van der Waals surface area contributed by atoms with Crippen LogP contribution in [0.2, 0.25) is 0 Å². The van der Waals surface area contributed by atoms with Gasteiger partial charge in [-0.3, -0.25) is 4.90 Å². The molecule has 0 atom stereocenters. The Labute approximate surface area is 134 Å². The highest BCUT2D eigenvalue weighted by molar-refractivity contribution is 9.10. The Balaban J connectivity index is 1.92. The van der Waals surface area contributed by atoms with Crippen molar-refractivity contribution in [1.29, 1.82) is 0 Å². The van der Waals surface area contributed by atoms with Crippen LogP contribution < -0.4 is 14.8 Å². The SMILES string of the molecule is CCc1c(CN2CCNCC2)cc(Br)c2c1OCCCO2. The van der Waals surface area contributed by atoms with Crippen LogP contribution in [0.5, 0.6) is 11.5 Å². The summed E-state index contributed by atoms with van der Waals surface area (Å²) in [6, 6.07) is 2.22. The van der Waals surface area contributed by atoms with Crippen LogP contribution in [0.15, 0.2) is 10.5 Å². The van der Waals surface area contributed by atoms with Crippen molar-refractivity contribution in [1.82, 2.24) is 10.2 Å². The quantitative estimate of drug-likeness (QED) is 0.904. The number of fused-ring (bicyclic) bond motifs is 1. The number of hydrogen-bond donors (Lipinski definition) is 1. The van der Waals surface area contributed by atoms with Gasteiger partial charge in [-0.05, 0) is 34.0 Å². The van der Waals surface area contributed by atoms with Gasteiger partial charge >= 0.3 is 0 Å². The molecular formula is C16H23BrN2O2. The number of rotatable bonds is 3. The Kier molecular flexibility index (Phi) is 5.03. The second kappa shape index (κ2) is 6.99. The van der Waals surface area contributed by atoms with Crippen LogP contribution in [0, 0.1) is 0 Å². The summed E-state index contributed by atoms with van der Waals surface area (Å²) in [6.45, 7) is 9.01. The molecule has 1 saturated heterocycles. The van der Waals surface area contributed by atoms with Gasteiger partial charge in [0.2, 0.25) is 0 Å². The first-order valence-electron chi connectivity index (χ1n) is 7.82. The summed E-state index contributed by atoms with van der Waals surface area (Å²) in [5.41, 5.74) is 2.66. The molecule has 116 valence electrons. The molecule has 4 nitrogen and oxygen atoms in total. The summed E-state index contributed by atoms with van der Waals surface area (Å²) in [7, 11) is 0. The summed E-state index contributed by atoms with van der Waals surface area (Å²) in [5.74, 6) is 1.84. The normalized spacial score (nSPS) is 19.3. The van der Waals surface area contributed by atoms with E-state index in [4.69, 9.17) is 9.47 Å². The monoisotopic (exact) mass is 354 g/mol. The van der Waals surface area contributed by atoms with Gasteiger partial charge in [-0.25, -0.2) is 0 Å². The summed E-state index contributed by atoms with van der Waals surface area (Å²) in [6.07, 6.45) is 1.91. The van der Waals surface area contributed by atoms with Crippen LogP contribution in [-0.2, 0) is 13.0 Å². The highest BCUT2D eigenvalue weighted by Gasteiger charge is 2.22. The lowest BCUT2D eigenvalue weighted by Crippen LogP contribution is -2.43. The van der Waals surface area contributed by atoms with Gasteiger partial charge in [0.25, 0.3) is 0 Å². The van der Waals surface area contributed by atoms with Gasteiger partial charge in [0, 0.05) is 44.7 Å². The van der Waals surface area contributed by atoms with Crippen molar-refractivity contribution in [2.24, 2.45) is 0 Å². The summed E-state index contributed by atoms with van der Waals surface area (Å²) in [5, 5.41) is 3.40. The van der Waals surface area contributed by atoms with E-state index in [1.54, 1.807) is 0 Å². The van der Waals surface area contributed by atoms with Crippen molar-refractivity contribution in [3.05, 3.63) is 21.7 Å². The molecule has 1 aromatic rings. The smallest absolute Gasteiger partial charge is 0.175 e. The largest absolute Gasteiger partial charge is 0.489 e. The lowest BCUT2D eigenvalue weighted by molar-refractivity contribution is 0.232. The second-order valence-corrected chi connectivity index (χ2v) is 6.44. The van der Waals surface area contributed by atoms with Crippen molar-refractivity contribution >= 4 is 15.9 Å². The first kappa shape index (κ1) is 15.1. The van der Waals surface area contributed by atoms with Gasteiger partial charge in [0.05, 0.1) is 17.7 Å². The first-order valence-corrected chi connectivity index (χ1v) is 8.61.